The van der Waals surface area contributed by atoms with Gasteiger partial charge in [0.2, 0.25) is 0 Å². The van der Waals surface area contributed by atoms with Gasteiger partial charge in [-0.3, -0.25) is 0 Å². The SMILES string of the molecule is N/N=C(/c1cc(Cl)ccc1N)c1ccccc1Cl. The van der Waals surface area contributed by atoms with Crippen molar-refractivity contribution in [3.05, 3.63) is 63.6 Å². The zero-order valence-electron chi connectivity index (χ0n) is 9.40. The summed E-state index contributed by atoms with van der Waals surface area (Å²) in [5.41, 5.74) is 8.36. The predicted octanol–water partition coefficient (Wildman–Crippen LogP) is 3.29. The first-order valence-corrected chi connectivity index (χ1v) is 5.97. The summed E-state index contributed by atoms with van der Waals surface area (Å²) in [6.45, 7) is 0. The Kier molecular flexibility index (Phi) is 3.75. The van der Waals surface area contributed by atoms with Crippen LogP contribution in [0.5, 0.6) is 0 Å². The van der Waals surface area contributed by atoms with E-state index in [-0.39, 0.29) is 0 Å². The standard InChI is InChI=1S/C13H11Cl2N3/c14-8-5-6-12(16)10(7-8)13(18-17)9-3-1-2-4-11(9)15/h1-7H,16-17H2/b18-13+. The van der Waals surface area contributed by atoms with Crippen molar-refractivity contribution in [2.75, 3.05) is 5.73 Å². The van der Waals surface area contributed by atoms with Crippen LogP contribution < -0.4 is 11.6 Å². The Labute approximate surface area is 115 Å². The molecule has 2 aromatic rings. The molecule has 0 heterocycles. The molecule has 2 aromatic carbocycles. The Morgan fingerprint density at radius 3 is 2.39 bits per heavy atom. The fourth-order valence-corrected chi connectivity index (χ4v) is 2.07. The van der Waals surface area contributed by atoms with E-state index in [9.17, 15) is 0 Å². The quantitative estimate of drug-likeness (QED) is 0.384. The molecule has 2 rings (SSSR count). The van der Waals surface area contributed by atoms with E-state index in [0.29, 0.717) is 27.0 Å². The Bertz CT molecular complexity index is 609. The number of nitrogens with zero attached hydrogens (tertiary/aromatic N) is 1. The Morgan fingerprint density at radius 2 is 1.72 bits per heavy atom. The molecule has 0 amide bonds. The molecule has 0 aliphatic heterocycles. The van der Waals surface area contributed by atoms with Crippen LogP contribution in [0.3, 0.4) is 0 Å². The van der Waals surface area contributed by atoms with Gasteiger partial charge in [-0.15, -0.1) is 0 Å². The maximum absolute atomic E-state index is 6.13. The van der Waals surface area contributed by atoms with Crippen molar-refractivity contribution >= 4 is 34.6 Å². The van der Waals surface area contributed by atoms with E-state index in [1.807, 2.05) is 18.2 Å². The predicted molar refractivity (Wildman–Crippen MR) is 77.1 cm³/mol. The molecular weight excluding hydrogens is 269 g/mol. The van der Waals surface area contributed by atoms with Crippen LogP contribution in [-0.4, -0.2) is 5.71 Å². The van der Waals surface area contributed by atoms with Crippen LogP contribution in [0.25, 0.3) is 0 Å². The zero-order valence-corrected chi connectivity index (χ0v) is 10.9. The van der Waals surface area contributed by atoms with Crippen molar-refractivity contribution in [1.82, 2.24) is 0 Å². The monoisotopic (exact) mass is 279 g/mol. The minimum atomic E-state index is 0.514. The molecule has 92 valence electrons. The van der Waals surface area contributed by atoms with Gasteiger partial charge in [0.1, 0.15) is 5.71 Å². The van der Waals surface area contributed by atoms with Gasteiger partial charge in [0.15, 0.2) is 0 Å². The van der Waals surface area contributed by atoms with E-state index in [2.05, 4.69) is 5.10 Å². The Morgan fingerprint density at radius 1 is 1.00 bits per heavy atom. The molecule has 0 fully saturated rings. The number of nitrogens with two attached hydrogens (primary N) is 2. The van der Waals surface area contributed by atoms with Crippen molar-refractivity contribution in [3.63, 3.8) is 0 Å². The second-order valence-corrected chi connectivity index (χ2v) is 4.53. The van der Waals surface area contributed by atoms with Crippen molar-refractivity contribution in [1.29, 1.82) is 0 Å². The molecule has 4 N–H and O–H groups in total. The number of hydrazone groups is 1. The van der Waals surface area contributed by atoms with E-state index >= 15 is 0 Å². The average Bonchev–Trinajstić information content (AvgIpc) is 2.36. The minimum absolute atomic E-state index is 0.514. The van der Waals surface area contributed by atoms with Gasteiger partial charge in [-0.05, 0) is 24.3 Å². The highest BCUT2D eigenvalue weighted by molar-refractivity contribution is 6.36. The molecule has 0 saturated heterocycles. The second kappa shape index (κ2) is 5.29. The van der Waals surface area contributed by atoms with Gasteiger partial charge in [0.25, 0.3) is 0 Å². The van der Waals surface area contributed by atoms with Crippen molar-refractivity contribution < 1.29 is 0 Å². The number of hydrogen-bond acceptors (Lipinski definition) is 3. The Hall–Kier alpha value is -1.71. The van der Waals surface area contributed by atoms with Crippen molar-refractivity contribution in [2.24, 2.45) is 10.9 Å². The normalized spacial score (nSPS) is 11.6. The summed E-state index contributed by atoms with van der Waals surface area (Å²) in [4.78, 5) is 0. The lowest BCUT2D eigenvalue weighted by Crippen LogP contribution is -2.10. The largest absolute Gasteiger partial charge is 0.398 e. The van der Waals surface area contributed by atoms with Crippen LogP contribution >= 0.6 is 23.2 Å². The number of anilines is 1. The lowest BCUT2D eigenvalue weighted by molar-refractivity contribution is 1.24. The van der Waals surface area contributed by atoms with Crippen molar-refractivity contribution in [3.8, 4) is 0 Å². The number of benzene rings is 2. The second-order valence-electron chi connectivity index (χ2n) is 3.69. The third-order valence-corrected chi connectivity index (χ3v) is 3.09. The lowest BCUT2D eigenvalue weighted by atomic mass is 10.0. The molecule has 18 heavy (non-hydrogen) atoms. The van der Waals surface area contributed by atoms with Gasteiger partial charge < -0.3 is 11.6 Å². The van der Waals surface area contributed by atoms with E-state index in [1.54, 1.807) is 24.3 Å². The van der Waals surface area contributed by atoms with Gasteiger partial charge >= 0.3 is 0 Å². The van der Waals surface area contributed by atoms with E-state index in [4.69, 9.17) is 34.8 Å². The maximum Gasteiger partial charge on any atom is 0.101 e. The average molecular weight is 280 g/mol. The van der Waals surface area contributed by atoms with E-state index in [0.717, 1.165) is 5.56 Å². The van der Waals surface area contributed by atoms with E-state index in [1.165, 1.54) is 0 Å². The topological polar surface area (TPSA) is 64.4 Å². The first-order chi connectivity index (χ1) is 8.63. The number of halogens is 2. The molecule has 0 aliphatic carbocycles. The van der Waals surface area contributed by atoms with E-state index < -0.39 is 0 Å². The van der Waals surface area contributed by atoms with Gasteiger partial charge in [0.05, 0.1) is 5.02 Å². The molecule has 0 spiro atoms. The molecule has 5 heteroatoms. The Balaban J connectivity index is 2.60. The van der Waals surface area contributed by atoms with Crippen LogP contribution in [0.2, 0.25) is 10.0 Å². The summed E-state index contributed by atoms with van der Waals surface area (Å²) in [5.74, 6) is 5.46. The molecule has 0 unspecified atom stereocenters. The van der Waals surface area contributed by atoms with Gasteiger partial charge in [0, 0.05) is 21.8 Å². The van der Waals surface area contributed by atoms with Gasteiger partial charge in [-0.1, -0.05) is 41.4 Å². The van der Waals surface area contributed by atoms with Crippen LogP contribution in [0.4, 0.5) is 5.69 Å². The van der Waals surface area contributed by atoms with Crippen LogP contribution in [0.1, 0.15) is 11.1 Å². The summed E-state index contributed by atoms with van der Waals surface area (Å²) in [5, 5.41) is 4.90. The highest BCUT2D eigenvalue weighted by atomic mass is 35.5. The molecule has 0 aromatic heterocycles. The van der Waals surface area contributed by atoms with Crippen LogP contribution in [-0.2, 0) is 0 Å². The highest BCUT2D eigenvalue weighted by Crippen LogP contribution is 2.25. The first-order valence-electron chi connectivity index (χ1n) is 5.21. The number of rotatable bonds is 2. The molecule has 0 bridgehead atoms. The highest BCUT2D eigenvalue weighted by Gasteiger charge is 2.13. The van der Waals surface area contributed by atoms with Gasteiger partial charge in [-0.25, -0.2) is 0 Å². The fraction of sp³-hybridized carbons (Fsp3) is 0. The zero-order chi connectivity index (χ0) is 13.1. The third-order valence-electron chi connectivity index (χ3n) is 2.53. The third kappa shape index (κ3) is 2.42. The van der Waals surface area contributed by atoms with Gasteiger partial charge in [-0.2, -0.15) is 5.10 Å². The molecule has 0 radical (unpaired) electrons. The summed E-state index contributed by atoms with van der Waals surface area (Å²) in [6.07, 6.45) is 0. The smallest absolute Gasteiger partial charge is 0.101 e. The minimum Gasteiger partial charge on any atom is -0.398 e. The molecule has 0 aliphatic rings. The summed E-state index contributed by atoms with van der Waals surface area (Å²) >= 11 is 12.1. The lowest BCUT2D eigenvalue weighted by Gasteiger charge is -2.10. The van der Waals surface area contributed by atoms with Crippen molar-refractivity contribution in [2.45, 2.75) is 0 Å². The maximum atomic E-state index is 6.13. The summed E-state index contributed by atoms with van der Waals surface area (Å²) in [7, 11) is 0. The summed E-state index contributed by atoms with van der Waals surface area (Å²) < 4.78 is 0. The molecule has 3 nitrogen and oxygen atoms in total. The summed E-state index contributed by atoms with van der Waals surface area (Å²) in [6, 6.07) is 12.4. The molecule has 0 atom stereocenters. The number of hydrogen-bond donors (Lipinski definition) is 2. The van der Waals surface area contributed by atoms with Crippen LogP contribution in [0.15, 0.2) is 47.6 Å². The van der Waals surface area contributed by atoms with Crippen LogP contribution in [0, 0.1) is 0 Å². The first kappa shape index (κ1) is 12.7. The molecule has 0 saturated carbocycles. The number of nitrogen functional groups attached to an aromatic ring is 1. The fourth-order valence-electron chi connectivity index (χ4n) is 1.67. The molecular formula is C13H11Cl2N3.